The second kappa shape index (κ2) is 13.8. The van der Waals surface area contributed by atoms with E-state index in [0.29, 0.717) is 18.1 Å². The van der Waals surface area contributed by atoms with Crippen molar-refractivity contribution < 1.29 is 24.6 Å². The Morgan fingerprint density at radius 2 is 1.76 bits per heavy atom. The van der Waals surface area contributed by atoms with Crippen LogP contribution in [0.4, 0.5) is 11.6 Å². The molecule has 1 aromatic carbocycles. The molecule has 0 bridgehead atoms. The van der Waals surface area contributed by atoms with Crippen LogP contribution in [0.3, 0.4) is 0 Å². The SMILES string of the molecule is NC(=O)c1ccnc(NCCCN2CCN(c3cccc(Cl)c3)CC2)n1.O=C(O)C=CC(=O)O. The van der Waals surface area contributed by atoms with Gasteiger partial charge in [0.25, 0.3) is 5.91 Å². The predicted molar refractivity (Wildman–Crippen MR) is 128 cm³/mol. The summed E-state index contributed by atoms with van der Waals surface area (Å²) in [6.07, 6.45) is 3.62. The number of benzene rings is 1. The van der Waals surface area contributed by atoms with E-state index in [1.54, 1.807) is 0 Å². The van der Waals surface area contributed by atoms with Crippen molar-refractivity contribution in [1.29, 1.82) is 0 Å². The molecule has 2 heterocycles. The Kier molecular flexibility index (Phi) is 10.7. The molecule has 1 fully saturated rings. The van der Waals surface area contributed by atoms with Gasteiger partial charge in [-0.2, -0.15) is 0 Å². The van der Waals surface area contributed by atoms with E-state index in [9.17, 15) is 14.4 Å². The minimum absolute atomic E-state index is 0.222. The van der Waals surface area contributed by atoms with E-state index in [1.807, 2.05) is 18.2 Å². The summed E-state index contributed by atoms with van der Waals surface area (Å²) >= 11 is 6.07. The lowest BCUT2D eigenvalue weighted by atomic mass is 10.2. The number of amides is 1. The first-order chi connectivity index (χ1) is 16.2. The summed E-state index contributed by atoms with van der Waals surface area (Å²) in [6.45, 7) is 5.80. The highest BCUT2D eigenvalue weighted by Gasteiger charge is 2.17. The lowest BCUT2D eigenvalue weighted by Crippen LogP contribution is -2.46. The van der Waals surface area contributed by atoms with E-state index in [4.69, 9.17) is 27.5 Å². The van der Waals surface area contributed by atoms with E-state index >= 15 is 0 Å². The lowest BCUT2D eigenvalue weighted by Gasteiger charge is -2.36. The number of aromatic nitrogens is 2. The molecule has 1 aliphatic heterocycles. The molecule has 182 valence electrons. The molecule has 1 aromatic heterocycles. The van der Waals surface area contributed by atoms with Crippen LogP contribution in [-0.2, 0) is 9.59 Å². The fourth-order valence-corrected chi connectivity index (χ4v) is 3.31. The monoisotopic (exact) mass is 490 g/mol. The third-order valence-corrected chi connectivity index (χ3v) is 4.99. The van der Waals surface area contributed by atoms with E-state index in [2.05, 4.69) is 31.2 Å². The largest absolute Gasteiger partial charge is 0.478 e. The number of hydrogen-bond donors (Lipinski definition) is 4. The molecule has 1 saturated heterocycles. The zero-order chi connectivity index (χ0) is 24.9. The molecule has 0 aliphatic carbocycles. The van der Waals surface area contributed by atoms with Gasteiger partial charge in [-0.3, -0.25) is 9.69 Å². The molecule has 34 heavy (non-hydrogen) atoms. The van der Waals surface area contributed by atoms with Gasteiger partial charge in [-0.25, -0.2) is 19.6 Å². The quantitative estimate of drug-likeness (QED) is 0.299. The average molecular weight is 491 g/mol. The van der Waals surface area contributed by atoms with Crippen molar-refractivity contribution in [2.24, 2.45) is 5.73 Å². The number of carboxylic acids is 2. The van der Waals surface area contributed by atoms with Gasteiger partial charge in [-0.1, -0.05) is 17.7 Å². The summed E-state index contributed by atoms with van der Waals surface area (Å²) in [7, 11) is 0. The summed E-state index contributed by atoms with van der Waals surface area (Å²) in [5.41, 5.74) is 6.63. The van der Waals surface area contributed by atoms with Gasteiger partial charge in [0.1, 0.15) is 5.69 Å². The van der Waals surface area contributed by atoms with Crippen LogP contribution in [0.2, 0.25) is 5.02 Å². The second-order valence-corrected chi connectivity index (χ2v) is 7.66. The number of hydrogen-bond acceptors (Lipinski definition) is 8. The van der Waals surface area contributed by atoms with Crippen LogP contribution in [0, 0.1) is 0 Å². The zero-order valence-electron chi connectivity index (χ0n) is 18.4. The normalized spacial score (nSPS) is 13.7. The van der Waals surface area contributed by atoms with Crippen molar-refractivity contribution in [2.45, 2.75) is 6.42 Å². The summed E-state index contributed by atoms with van der Waals surface area (Å²) in [6, 6.07) is 9.52. The highest BCUT2D eigenvalue weighted by atomic mass is 35.5. The Labute approximate surface area is 201 Å². The van der Waals surface area contributed by atoms with Crippen LogP contribution in [-0.4, -0.2) is 82.2 Å². The highest BCUT2D eigenvalue weighted by molar-refractivity contribution is 6.30. The number of primary amides is 1. The predicted octanol–water partition coefficient (Wildman–Crippen LogP) is 1.56. The van der Waals surface area contributed by atoms with E-state index in [1.165, 1.54) is 18.0 Å². The molecule has 3 rings (SSSR count). The Balaban J connectivity index is 0.000000440. The fraction of sp³-hybridized carbons (Fsp3) is 0.318. The van der Waals surface area contributed by atoms with Crippen molar-refractivity contribution >= 4 is 41.1 Å². The van der Waals surface area contributed by atoms with Crippen molar-refractivity contribution in [1.82, 2.24) is 14.9 Å². The van der Waals surface area contributed by atoms with Crippen LogP contribution in [0.15, 0.2) is 48.7 Å². The van der Waals surface area contributed by atoms with Crippen molar-refractivity contribution in [3.63, 3.8) is 0 Å². The molecule has 0 radical (unpaired) electrons. The minimum Gasteiger partial charge on any atom is -0.478 e. The third-order valence-electron chi connectivity index (χ3n) is 4.76. The number of nitrogens with zero attached hydrogens (tertiary/aromatic N) is 4. The molecular weight excluding hydrogens is 464 g/mol. The lowest BCUT2D eigenvalue weighted by molar-refractivity contribution is -0.134. The summed E-state index contributed by atoms with van der Waals surface area (Å²) in [5.74, 6) is -2.63. The molecule has 5 N–H and O–H groups in total. The Morgan fingerprint density at radius 3 is 2.35 bits per heavy atom. The fourth-order valence-electron chi connectivity index (χ4n) is 3.13. The van der Waals surface area contributed by atoms with Gasteiger partial charge in [0.05, 0.1) is 0 Å². The maximum atomic E-state index is 11.1. The number of nitrogens with two attached hydrogens (primary N) is 1. The number of carbonyl (C=O) groups is 3. The number of anilines is 2. The second-order valence-electron chi connectivity index (χ2n) is 7.23. The Bertz CT molecular complexity index is 995. The number of carbonyl (C=O) groups excluding carboxylic acids is 1. The average Bonchev–Trinajstić information content (AvgIpc) is 2.81. The van der Waals surface area contributed by atoms with Crippen LogP contribution >= 0.6 is 11.6 Å². The molecule has 0 spiro atoms. The highest BCUT2D eigenvalue weighted by Crippen LogP contribution is 2.20. The summed E-state index contributed by atoms with van der Waals surface area (Å²) in [5, 5.41) is 19.5. The molecular formula is C22H27ClN6O5. The van der Waals surface area contributed by atoms with Gasteiger partial charge in [0.15, 0.2) is 0 Å². The number of aliphatic carboxylic acids is 2. The number of nitrogens with one attached hydrogen (secondary N) is 1. The number of piperazine rings is 1. The van der Waals surface area contributed by atoms with Crippen LogP contribution in [0.25, 0.3) is 0 Å². The molecule has 0 unspecified atom stereocenters. The molecule has 0 atom stereocenters. The van der Waals surface area contributed by atoms with E-state index < -0.39 is 17.8 Å². The molecule has 11 nitrogen and oxygen atoms in total. The van der Waals surface area contributed by atoms with Crippen molar-refractivity contribution in [2.75, 3.05) is 49.5 Å². The Hall–Kier alpha value is -3.70. The van der Waals surface area contributed by atoms with Crippen LogP contribution in [0.5, 0.6) is 0 Å². The van der Waals surface area contributed by atoms with Gasteiger partial charge < -0.3 is 26.2 Å². The zero-order valence-corrected chi connectivity index (χ0v) is 19.2. The number of carboxylic acid groups (broad SMARTS) is 2. The van der Waals surface area contributed by atoms with Crippen molar-refractivity contribution in [3.05, 3.63) is 59.4 Å². The van der Waals surface area contributed by atoms with E-state index in [-0.39, 0.29) is 5.69 Å². The first-order valence-electron chi connectivity index (χ1n) is 10.5. The standard InChI is InChI=1S/C18H23ClN6O.C4H4O4/c19-14-3-1-4-15(13-14)25-11-9-24(10-12-25)8-2-6-21-18-22-7-5-16(23-18)17(20)26;5-3(6)1-2-4(7)8/h1,3-5,7,13H,2,6,8-12H2,(H2,20,26)(H,21,22,23);1-2H,(H,5,6)(H,7,8). The molecule has 0 saturated carbocycles. The summed E-state index contributed by atoms with van der Waals surface area (Å²) < 4.78 is 0. The van der Waals surface area contributed by atoms with Gasteiger partial charge in [-0.15, -0.1) is 0 Å². The first kappa shape index (κ1) is 26.6. The topological polar surface area (TPSA) is 162 Å². The van der Waals surface area contributed by atoms with Gasteiger partial charge in [-0.05, 0) is 37.2 Å². The molecule has 12 heteroatoms. The third kappa shape index (κ3) is 9.84. The van der Waals surface area contributed by atoms with Crippen molar-refractivity contribution in [3.8, 4) is 0 Å². The van der Waals surface area contributed by atoms with Crippen LogP contribution < -0.4 is 16.0 Å². The van der Waals surface area contributed by atoms with Crippen LogP contribution in [0.1, 0.15) is 16.9 Å². The maximum Gasteiger partial charge on any atom is 0.328 e. The smallest absolute Gasteiger partial charge is 0.328 e. The van der Waals surface area contributed by atoms with Gasteiger partial charge in [0, 0.05) is 61.8 Å². The number of halogens is 1. The summed E-state index contributed by atoms with van der Waals surface area (Å²) in [4.78, 5) is 43.2. The number of rotatable bonds is 9. The van der Waals surface area contributed by atoms with Gasteiger partial charge >= 0.3 is 11.9 Å². The molecule has 2 aromatic rings. The minimum atomic E-state index is -1.26. The maximum absolute atomic E-state index is 11.1. The Morgan fingerprint density at radius 1 is 1.09 bits per heavy atom. The van der Waals surface area contributed by atoms with Gasteiger partial charge in [0.2, 0.25) is 5.95 Å². The van der Waals surface area contributed by atoms with E-state index in [0.717, 1.165) is 50.7 Å². The molecule has 1 amide bonds. The molecule has 1 aliphatic rings. The first-order valence-corrected chi connectivity index (χ1v) is 10.9.